The van der Waals surface area contributed by atoms with Crippen molar-refractivity contribution < 1.29 is 81.2 Å². The summed E-state index contributed by atoms with van der Waals surface area (Å²) in [5, 5.41) is 35.4. The summed E-state index contributed by atoms with van der Waals surface area (Å²) >= 11 is 5.32. The van der Waals surface area contributed by atoms with Gasteiger partial charge in [-0.05, 0) is 78.6 Å². The van der Waals surface area contributed by atoms with E-state index in [0.29, 0.717) is 69.4 Å². The van der Waals surface area contributed by atoms with Gasteiger partial charge in [0.25, 0.3) is 11.8 Å². The van der Waals surface area contributed by atoms with Crippen molar-refractivity contribution in [3.63, 3.8) is 0 Å². The van der Waals surface area contributed by atoms with E-state index in [9.17, 15) is 56.5 Å². The lowest BCUT2D eigenvalue weighted by molar-refractivity contribution is -0.135. The molecule has 4 rings (SSSR count). The highest BCUT2D eigenvalue weighted by Gasteiger charge is 2.30. The molecular weight excluding hydrogens is 1030 g/mol. The van der Waals surface area contributed by atoms with Crippen molar-refractivity contribution >= 4 is 47.2 Å². The molecule has 0 saturated heterocycles. The molecule has 0 heterocycles. The first-order valence-corrected chi connectivity index (χ1v) is 24.1. The number of benzene rings is 4. The topological polar surface area (TPSA) is 264 Å². The zero-order valence-corrected chi connectivity index (χ0v) is 42.3. The van der Waals surface area contributed by atoms with Crippen molar-refractivity contribution in [3.8, 4) is 0 Å². The molecule has 6 atom stereocenters. The number of nitrogens with one attached hydrogen (secondary N) is 7. The van der Waals surface area contributed by atoms with Gasteiger partial charge in [-0.25, -0.2) is 22.4 Å². The van der Waals surface area contributed by atoms with Gasteiger partial charge in [-0.15, -0.1) is 0 Å². The summed E-state index contributed by atoms with van der Waals surface area (Å²) in [5.74, 6) is -8.35. The highest BCUT2D eigenvalue weighted by atomic mass is 35.5. The maximum Gasteiger partial charge on any atom is 0.254 e. The second-order valence-electron chi connectivity index (χ2n) is 16.3. The van der Waals surface area contributed by atoms with Crippen LogP contribution in [0.1, 0.15) is 86.9 Å². The van der Waals surface area contributed by atoms with Gasteiger partial charge in [-0.1, -0.05) is 75.0 Å². The molecule has 0 fully saturated rings. The molecule has 0 saturated carbocycles. The van der Waals surface area contributed by atoms with Crippen LogP contribution in [0.2, 0.25) is 0 Å². The van der Waals surface area contributed by atoms with Crippen LogP contribution < -0.4 is 36.7 Å². The summed E-state index contributed by atoms with van der Waals surface area (Å²) in [5.41, 5.74) is 0.392. The number of halogens is 5. The first kappa shape index (κ1) is 65.5. The lowest BCUT2D eigenvalue weighted by Crippen LogP contribution is -2.50. The molecule has 6 amide bonds. The van der Waals surface area contributed by atoms with Crippen LogP contribution in [0.25, 0.3) is 0 Å². The fourth-order valence-electron chi connectivity index (χ4n) is 6.51. The number of aliphatic hydroxyl groups is 2. The van der Waals surface area contributed by atoms with Gasteiger partial charge in [0.1, 0.15) is 47.4 Å². The molecule has 0 spiro atoms. The smallest absolute Gasteiger partial charge is 0.254 e. The lowest BCUT2D eigenvalue weighted by atomic mass is 10.1. The average molecular weight is 1100 g/mol. The third kappa shape index (κ3) is 24.4. The van der Waals surface area contributed by atoms with E-state index >= 15 is 0 Å². The number of hydrogen-bond donors (Lipinski definition) is 9. The fraction of sp³-hybridized carbons (Fsp3) is 0.423. The Kier molecular flexibility index (Phi) is 31.4. The van der Waals surface area contributed by atoms with E-state index in [0.717, 1.165) is 30.7 Å². The molecule has 0 radical (unpaired) electrons. The predicted octanol–water partition coefficient (Wildman–Crippen LogP) is 4.79. The van der Waals surface area contributed by atoms with Crippen LogP contribution >= 0.6 is 11.8 Å². The molecule has 24 heteroatoms. The molecule has 76 heavy (non-hydrogen) atoms. The van der Waals surface area contributed by atoms with E-state index in [-0.39, 0.29) is 50.6 Å². The minimum atomic E-state index is -1.91. The fourth-order valence-corrected chi connectivity index (χ4v) is 6.58. The second kappa shape index (κ2) is 36.4. The van der Waals surface area contributed by atoms with Crippen molar-refractivity contribution in [1.82, 2.24) is 36.7 Å². The summed E-state index contributed by atoms with van der Waals surface area (Å²) in [6.07, 6.45) is -2.90. The monoisotopic (exact) mass is 1100 g/mol. The minimum absolute atomic E-state index is 0. The molecule has 9 N–H and O–H groups in total. The number of aliphatic hydroxyl groups excluding tert-OH is 2. The molecule has 4 aromatic rings. The molecule has 0 bridgehead atoms. The van der Waals surface area contributed by atoms with E-state index in [1.165, 1.54) is 13.8 Å². The standard InChI is InChI=1S/C26H33F2N3O6.C25H31ClF2N4O6.CH4.4H2/c1-3-10-36-12-13-37-11-9-29-25(34)22(18-7-5-4-6-8-18)31-24(33)17(2)30-26(35)23(32)19-14-20(27)16-21(28)15-19;1-16(31-25(36)22(33)18-13-19(27)15-20(28)14-18)23(34)32-21(17-5-3-2-4-6-17)24(35)29-7-9-37-11-12-38-10-8-30-26;;;;;/h4-8,14-17,22-23,32H,3,9-13H2,1-2H3,(H,29,34)(H,30,35)(H,31,33);2-6,13-16,21-22,30,33H,7-12H2,1H3,(H,29,35)(H,31,36)(H,32,34);1H4;4*1H/t17-,22-,23?;16-,21-,22?;;;;;/m00...../s1. The Morgan fingerprint density at radius 3 is 1.13 bits per heavy atom. The van der Waals surface area contributed by atoms with Gasteiger partial charge in [0.05, 0.1) is 46.2 Å². The van der Waals surface area contributed by atoms with Gasteiger partial charge >= 0.3 is 0 Å². The zero-order chi connectivity index (χ0) is 55.1. The Bertz CT molecular complexity index is 2390. The molecule has 426 valence electrons. The van der Waals surface area contributed by atoms with Crippen LogP contribution in [0.5, 0.6) is 0 Å². The van der Waals surface area contributed by atoms with Crippen molar-refractivity contribution in [3.05, 3.63) is 143 Å². The molecule has 0 aromatic heterocycles. The Hall–Kier alpha value is -6.57. The van der Waals surface area contributed by atoms with E-state index in [2.05, 4.69) is 36.7 Å². The van der Waals surface area contributed by atoms with Gasteiger partial charge in [0.2, 0.25) is 23.6 Å². The van der Waals surface area contributed by atoms with Gasteiger partial charge in [0, 0.05) is 44.1 Å². The van der Waals surface area contributed by atoms with Gasteiger partial charge in [-0.3, -0.25) is 28.8 Å². The Morgan fingerprint density at radius 1 is 0.474 bits per heavy atom. The predicted molar refractivity (Wildman–Crippen MR) is 281 cm³/mol. The lowest BCUT2D eigenvalue weighted by Gasteiger charge is -2.22. The second-order valence-corrected chi connectivity index (χ2v) is 16.6. The maximum atomic E-state index is 13.4. The van der Waals surface area contributed by atoms with Crippen LogP contribution in [0, 0.1) is 23.3 Å². The summed E-state index contributed by atoms with van der Waals surface area (Å²) < 4.78 is 75.1. The Morgan fingerprint density at radius 2 is 0.803 bits per heavy atom. The minimum Gasteiger partial charge on any atom is -0.379 e. The third-order valence-corrected chi connectivity index (χ3v) is 10.5. The molecule has 2 unspecified atom stereocenters. The van der Waals surface area contributed by atoms with Crippen LogP contribution in [-0.2, 0) is 47.7 Å². The van der Waals surface area contributed by atoms with Crippen LogP contribution in [-0.4, -0.2) is 130 Å². The summed E-state index contributed by atoms with van der Waals surface area (Å²) in [4.78, 5) is 78.5. The highest BCUT2D eigenvalue weighted by Crippen LogP contribution is 2.19. The van der Waals surface area contributed by atoms with Gasteiger partial charge in [-0.2, -0.15) is 0 Å². The van der Waals surface area contributed by atoms with Crippen LogP contribution in [0.4, 0.5) is 17.6 Å². The number of carbonyl (C=O) groups excluding carboxylic acids is 6. The first-order chi connectivity index (χ1) is 35.9. The molecule has 0 aliphatic rings. The van der Waals surface area contributed by atoms with Crippen molar-refractivity contribution in [2.24, 2.45) is 0 Å². The summed E-state index contributed by atoms with van der Waals surface area (Å²) in [6.45, 7) is 8.64. The summed E-state index contributed by atoms with van der Waals surface area (Å²) in [7, 11) is 0. The van der Waals surface area contributed by atoms with Crippen molar-refractivity contribution in [2.75, 3.05) is 72.5 Å². The Balaban J connectivity index is -0.00000140. The molecular formula is C52H76ClF4N7O12. The summed E-state index contributed by atoms with van der Waals surface area (Å²) in [6, 6.07) is 16.9. The van der Waals surface area contributed by atoms with E-state index in [1.54, 1.807) is 60.7 Å². The van der Waals surface area contributed by atoms with Crippen molar-refractivity contribution in [1.29, 1.82) is 0 Å². The number of ether oxygens (including phenoxy) is 4. The van der Waals surface area contributed by atoms with Gasteiger partial charge < -0.3 is 61.1 Å². The number of rotatable bonds is 31. The molecule has 4 aromatic carbocycles. The third-order valence-electron chi connectivity index (χ3n) is 10.3. The molecule has 0 aliphatic carbocycles. The van der Waals surface area contributed by atoms with Crippen LogP contribution in [0.3, 0.4) is 0 Å². The van der Waals surface area contributed by atoms with E-state index < -0.39 is 95.1 Å². The maximum absolute atomic E-state index is 13.4. The largest absolute Gasteiger partial charge is 0.379 e. The first-order valence-electron chi connectivity index (χ1n) is 23.7. The number of amides is 6. The molecule has 19 nitrogen and oxygen atoms in total. The number of carbonyl (C=O) groups is 6. The van der Waals surface area contributed by atoms with Gasteiger partial charge in [0.15, 0.2) is 12.2 Å². The SMILES string of the molecule is C.CCCOCCOCCNC(=O)[C@@H](NC(=O)[C@H](C)NC(=O)C(O)c1cc(F)cc(F)c1)c1ccccc1.C[C@H](NC(=O)C(O)c1cc(F)cc(F)c1)C(=O)N[C@H](C(=O)NCCOCCOCCNCl)c1ccccc1.[HH].[HH].[HH].[HH]. The van der Waals surface area contributed by atoms with Crippen LogP contribution in [0.15, 0.2) is 97.1 Å². The van der Waals surface area contributed by atoms with E-state index in [1.807, 2.05) is 6.92 Å². The normalized spacial score (nSPS) is 13.1. The average Bonchev–Trinajstić information content (AvgIpc) is 3.39. The van der Waals surface area contributed by atoms with E-state index in [4.69, 9.17) is 30.7 Å². The number of hydrogen-bond acceptors (Lipinski definition) is 13. The van der Waals surface area contributed by atoms with Crippen molar-refractivity contribution in [2.45, 2.75) is 71.0 Å². The zero-order valence-electron chi connectivity index (χ0n) is 41.6. The quantitative estimate of drug-likeness (QED) is 0.0187. The molecule has 0 aliphatic heterocycles. The Labute approximate surface area is 450 Å². The highest BCUT2D eigenvalue weighted by molar-refractivity contribution is 6.13.